The first kappa shape index (κ1) is 22.5. The molecule has 1 aliphatic rings. The summed E-state index contributed by atoms with van der Waals surface area (Å²) in [5, 5.41) is 0. The van der Waals surface area contributed by atoms with Gasteiger partial charge in [-0.2, -0.15) is 0 Å². The van der Waals surface area contributed by atoms with Crippen molar-refractivity contribution in [2.45, 2.75) is 13.3 Å². The number of aryl methyl sites for hydroxylation is 1. The van der Waals surface area contributed by atoms with Crippen LogP contribution in [0.2, 0.25) is 0 Å². The summed E-state index contributed by atoms with van der Waals surface area (Å²) in [5.41, 5.74) is 7.07. The summed E-state index contributed by atoms with van der Waals surface area (Å²) in [6.45, 7) is 1.95. The zero-order valence-electron chi connectivity index (χ0n) is 16.8. The van der Waals surface area contributed by atoms with Gasteiger partial charge in [-0.05, 0) is 30.2 Å². The Morgan fingerprint density at radius 3 is 2.52 bits per heavy atom. The molecule has 1 heterocycles. The highest BCUT2D eigenvalue weighted by Crippen LogP contribution is 2.31. The van der Waals surface area contributed by atoms with Crippen molar-refractivity contribution in [3.8, 4) is 0 Å². The number of amides is 3. The van der Waals surface area contributed by atoms with Crippen molar-refractivity contribution in [1.29, 1.82) is 0 Å². The van der Waals surface area contributed by atoms with Crippen molar-refractivity contribution >= 4 is 52.1 Å². The molecular formula is C23H21N3O3S2. The van der Waals surface area contributed by atoms with Crippen molar-refractivity contribution in [3.05, 3.63) is 88.3 Å². The van der Waals surface area contributed by atoms with Gasteiger partial charge in [-0.1, -0.05) is 84.7 Å². The summed E-state index contributed by atoms with van der Waals surface area (Å²) >= 11 is 6.48. The molecule has 0 bridgehead atoms. The molecule has 0 aliphatic carbocycles. The first-order valence-corrected chi connectivity index (χ1v) is 10.8. The van der Waals surface area contributed by atoms with Gasteiger partial charge in [0.15, 0.2) is 0 Å². The minimum Gasteiger partial charge on any atom is -0.292 e. The smallest absolute Gasteiger partial charge is 0.269 e. The number of allylic oxidation sites excluding steroid dienone is 2. The van der Waals surface area contributed by atoms with Gasteiger partial charge in [0.2, 0.25) is 5.91 Å². The van der Waals surface area contributed by atoms with Crippen molar-refractivity contribution < 1.29 is 14.4 Å². The molecule has 0 unspecified atom stereocenters. The molecule has 158 valence electrons. The number of carbonyl (C=O) groups is 3. The lowest BCUT2D eigenvalue weighted by Gasteiger charge is -2.14. The summed E-state index contributed by atoms with van der Waals surface area (Å²) in [6, 6.07) is 16.8. The van der Waals surface area contributed by atoms with E-state index in [4.69, 9.17) is 12.2 Å². The zero-order valence-corrected chi connectivity index (χ0v) is 18.5. The van der Waals surface area contributed by atoms with Gasteiger partial charge in [0.1, 0.15) is 4.32 Å². The van der Waals surface area contributed by atoms with Crippen LogP contribution in [0.5, 0.6) is 0 Å². The summed E-state index contributed by atoms with van der Waals surface area (Å²) in [5.74, 6) is -1.04. The third kappa shape index (κ3) is 6.13. The Balaban J connectivity index is 1.49. The highest BCUT2D eigenvalue weighted by atomic mass is 32.2. The zero-order chi connectivity index (χ0) is 22.2. The number of hydrazine groups is 1. The van der Waals surface area contributed by atoms with E-state index in [0.29, 0.717) is 14.8 Å². The van der Waals surface area contributed by atoms with Gasteiger partial charge < -0.3 is 0 Å². The first-order chi connectivity index (χ1) is 15.0. The van der Waals surface area contributed by atoms with E-state index in [-0.39, 0.29) is 18.9 Å². The second kappa shape index (κ2) is 10.7. The molecule has 1 aliphatic heterocycles. The van der Waals surface area contributed by atoms with E-state index < -0.39 is 11.8 Å². The molecule has 2 aromatic rings. The van der Waals surface area contributed by atoms with Crippen LogP contribution >= 0.6 is 24.0 Å². The quantitative estimate of drug-likeness (QED) is 0.399. The van der Waals surface area contributed by atoms with Gasteiger partial charge in [-0.25, -0.2) is 0 Å². The molecular weight excluding hydrogens is 430 g/mol. The van der Waals surface area contributed by atoms with Crippen LogP contribution in [-0.2, 0) is 9.59 Å². The van der Waals surface area contributed by atoms with Crippen molar-refractivity contribution in [2.24, 2.45) is 0 Å². The molecule has 6 nitrogen and oxygen atoms in total. The Hall–Kier alpha value is -3.23. The predicted octanol–water partition coefficient (Wildman–Crippen LogP) is 3.60. The maximum absolute atomic E-state index is 12.6. The lowest BCUT2D eigenvalue weighted by molar-refractivity contribution is -0.124. The fourth-order valence-electron chi connectivity index (χ4n) is 2.81. The fraction of sp³-hybridized carbons (Fsp3) is 0.130. The van der Waals surface area contributed by atoms with Crippen molar-refractivity contribution in [2.75, 3.05) is 6.54 Å². The number of rotatable bonds is 6. The summed E-state index contributed by atoms with van der Waals surface area (Å²) < 4.78 is 0.404. The highest BCUT2D eigenvalue weighted by Gasteiger charge is 2.31. The van der Waals surface area contributed by atoms with E-state index in [2.05, 4.69) is 10.9 Å². The minimum atomic E-state index is -0.413. The molecule has 1 fully saturated rings. The average Bonchev–Trinajstić information content (AvgIpc) is 3.04. The van der Waals surface area contributed by atoms with Crippen LogP contribution in [-0.4, -0.2) is 33.5 Å². The molecule has 2 N–H and O–H groups in total. The first-order valence-electron chi connectivity index (χ1n) is 9.57. The van der Waals surface area contributed by atoms with E-state index >= 15 is 0 Å². The maximum atomic E-state index is 12.6. The standard InChI is InChI=1S/C23H21N3O3S2/c1-16-8-5-6-12-18(16)21(28)25-24-20(27)14-15-26-22(29)19(31-23(26)30)13-7-11-17-9-3-2-4-10-17/h2-13H,14-15H2,1H3,(H,24,27)(H,25,28). The average molecular weight is 452 g/mol. The molecule has 2 aromatic carbocycles. The van der Waals surface area contributed by atoms with Crippen LogP contribution in [0.1, 0.15) is 27.9 Å². The number of nitrogens with one attached hydrogen (secondary N) is 2. The lowest BCUT2D eigenvalue weighted by Crippen LogP contribution is -2.43. The lowest BCUT2D eigenvalue weighted by atomic mass is 10.1. The van der Waals surface area contributed by atoms with E-state index in [1.54, 1.807) is 24.3 Å². The Kier molecular flexibility index (Phi) is 7.75. The summed E-state index contributed by atoms with van der Waals surface area (Å²) in [6.07, 6.45) is 5.43. The molecule has 0 atom stereocenters. The van der Waals surface area contributed by atoms with Crippen LogP contribution in [0, 0.1) is 6.92 Å². The Morgan fingerprint density at radius 1 is 1.06 bits per heavy atom. The second-order valence-electron chi connectivity index (χ2n) is 6.69. The molecule has 0 spiro atoms. The van der Waals surface area contributed by atoms with Crippen molar-refractivity contribution in [1.82, 2.24) is 15.8 Å². The van der Waals surface area contributed by atoms with Gasteiger partial charge >= 0.3 is 0 Å². The second-order valence-corrected chi connectivity index (χ2v) is 8.37. The predicted molar refractivity (Wildman–Crippen MR) is 127 cm³/mol. The molecule has 0 saturated carbocycles. The number of thioether (sulfide) groups is 1. The van der Waals surface area contributed by atoms with Crippen LogP contribution in [0.4, 0.5) is 0 Å². The molecule has 3 rings (SSSR count). The van der Waals surface area contributed by atoms with Gasteiger partial charge in [0.25, 0.3) is 11.8 Å². The molecule has 3 amide bonds. The Labute approximate surface area is 190 Å². The molecule has 0 radical (unpaired) electrons. The van der Waals surface area contributed by atoms with E-state index in [9.17, 15) is 14.4 Å². The Bertz CT molecular complexity index is 1060. The van der Waals surface area contributed by atoms with Gasteiger partial charge in [-0.15, -0.1) is 0 Å². The monoisotopic (exact) mass is 451 g/mol. The SMILES string of the molecule is Cc1ccccc1C(=O)NNC(=O)CCN1C(=O)C(=CC=Cc2ccccc2)SC1=S. The molecule has 31 heavy (non-hydrogen) atoms. The maximum Gasteiger partial charge on any atom is 0.269 e. The van der Waals surface area contributed by atoms with Crippen molar-refractivity contribution in [3.63, 3.8) is 0 Å². The number of carbonyl (C=O) groups excluding carboxylic acids is 3. The fourth-order valence-corrected chi connectivity index (χ4v) is 4.08. The third-order valence-corrected chi connectivity index (χ3v) is 5.87. The Morgan fingerprint density at radius 2 is 1.77 bits per heavy atom. The van der Waals surface area contributed by atoms with E-state index in [1.807, 2.05) is 55.5 Å². The topological polar surface area (TPSA) is 78.5 Å². The van der Waals surface area contributed by atoms with E-state index in [1.165, 1.54) is 16.7 Å². The van der Waals surface area contributed by atoms with Crippen LogP contribution in [0.3, 0.4) is 0 Å². The number of benzene rings is 2. The highest BCUT2D eigenvalue weighted by molar-refractivity contribution is 8.26. The minimum absolute atomic E-state index is 0.00757. The van der Waals surface area contributed by atoms with Gasteiger partial charge in [0, 0.05) is 18.5 Å². The molecule has 1 saturated heterocycles. The number of nitrogens with zero attached hydrogens (tertiary/aromatic N) is 1. The molecule has 8 heteroatoms. The summed E-state index contributed by atoms with van der Waals surface area (Å²) in [4.78, 5) is 38.7. The van der Waals surface area contributed by atoms with Crippen LogP contribution < -0.4 is 10.9 Å². The normalized spacial score (nSPS) is 15.0. The number of hydrogen-bond acceptors (Lipinski definition) is 5. The van der Waals surface area contributed by atoms with Crippen LogP contribution in [0.25, 0.3) is 6.08 Å². The largest absolute Gasteiger partial charge is 0.292 e. The van der Waals surface area contributed by atoms with Crippen LogP contribution in [0.15, 0.2) is 71.7 Å². The van der Waals surface area contributed by atoms with Gasteiger partial charge in [0.05, 0.1) is 4.91 Å². The van der Waals surface area contributed by atoms with Gasteiger partial charge in [-0.3, -0.25) is 30.1 Å². The molecule has 0 aromatic heterocycles. The third-order valence-electron chi connectivity index (χ3n) is 4.48. The number of thiocarbonyl (C=S) groups is 1. The number of hydrogen-bond donors (Lipinski definition) is 2. The summed E-state index contributed by atoms with van der Waals surface area (Å²) in [7, 11) is 0. The van der Waals surface area contributed by atoms with E-state index in [0.717, 1.165) is 11.1 Å².